The zero-order chi connectivity index (χ0) is 10.1. The molecule has 1 aliphatic rings. The molecule has 72 valence electrons. The number of fused-ring (bicyclic) bond motifs is 1. The number of carboxylic acids is 1. The van der Waals surface area contributed by atoms with E-state index in [1.807, 2.05) is 0 Å². The van der Waals surface area contributed by atoms with E-state index in [1.165, 1.54) is 0 Å². The van der Waals surface area contributed by atoms with Gasteiger partial charge in [-0.2, -0.15) is 0 Å². The van der Waals surface area contributed by atoms with E-state index in [4.69, 9.17) is 9.84 Å². The lowest BCUT2D eigenvalue weighted by atomic mass is 9.98. The third-order valence-corrected chi connectivity index (χ3v) is 2.17. The van der Waals surface area contributed by atoms with Gasteiger partial charge in [0.15, 0.2) is 0 Å². The van der Waals surface area contributed by atoms with Gasteiger partial charge >= 0.3 is 11.9 Å². The number of hydrogen-bond donors (Lipinski definition) is 1. The van der Waals surface area contributed by atoms with Crippen LogP contribution >= 0.6 is 0 Å². The minimum atomic E-state index is -0.997. The monoisotopic (exact) mass is 192 g/mol. The van der Waals surface area contributed by atoms with Crippen molar-refractivity contribution >= 4 is 11.9 Å². The maximum absolute atomic E-state index is 11.3. The minimum Gasteiger partial charge on any atom is -0.481 e. The number of esters is 1. The molecule has 1 unspecified atom stereocenters. The number of ether oxygens (including phenoxy) is 1. The molecule has 0 amide bonds. The first-order chi connectivity index (χ1) is 6.68. The van der Waals surface area contributed by atoms with Crippen molar-refractivity contribution < 1.29 is 19.4 Å². The number of carbonyl (C=O) groups is 2. The fourth-order valence-corrected chi connectivity index (χ4v) is 1.54. The topological polar surface area (TPSA) is 63.6 Å². The molecule has 1 aliphatic heterocycles. The van der Waals surface area contributed by atoms with E-state index < -0.39 is 17.9 Å². The van der Waals surface area contributed by atoms with Gasteiger partial charge in [-0.25, -0.2) is 0 Å². The number of para-hydroxylation sites is 1. The van der Waals surface area contributed by atoms with E-state index in [1.54, 1.807) is 24.3 Å². The average molecular weight is 192 g/mol. The minimum absolute atomic E-state index is 0.212. The Labute approximate surface area is 80.1 Å². The second-order valence-electron chi connectivity index (χ2n) is 3.11. The molecule has 0 spiro atoms. The summed E-state index contributed by atoms with van der Waals surface area (Å²) in [7, 11) is 0. The molecule has 1 aromatic rings. The summed E-state index contributed by atoms with van der Waals surface area (Å²) in [5.74, 6) is -1.65. The third-order valence-electron chi connectivity index (χ3n) is 2.17. The van der Waals surface area contributed by atoms with Crippen LogP contribution in [0.2, 0.25) is 0 Å². The highest BCUT2D eigenvalue weighted by Gasteiger charge is 2.34. The Kier molecular flexibility index (Phi) is 1.96. The summed E-state index contributed by atoms with van der Waals surface area (Å²) < 4.78 is 4.92. The van der Waals surface area contributed by atoms with E-state index >= 15 is 0 Å². The van der Waals surface area contributed by atoms with Gasteiger partial charge in [-0.3, -0.25) is 9.59 Å². The molecule has 1 aromatic carbocycles. The molecular formula is C10H8O4. The van der Waals surface area contributed by atoms with E-state index in [9.17, 15) is 9.59 Å². The SMILES string of the molecule is O=C(O)CC1C(=O)Oc2ccccc21. The Morgan fingerprint density at radius 1 is 1.43 bits per heavy atom. The molecule has 0 fully saturated rings. The van der Waals surface area contributed by atoms with E-state index in [-0.39, 0.29) is 6.42 Å². The van der Waals surface area contributed by atoms with Crippen LogP contribution in [0.5, 0.6) is 5.75 Å². The summed E-state index contributed by atoms with van der Waals surface area (Å²) in [6.45, 7) is 0. The predicted molar refractivity (Wildman–Crippen MR) is 47.1 cm³/mol. The summed E-state index contributed by atoms with van der Waals surface area (Å²) in [5.41, 5.74) is 0.667. The second kappa shape index (κ2) is 3.14. The maximum atomic E-state index is 11.3. The van der Waals surface area contributed by atoms with Gasteiger partial charge in [-0.15, -0.1) is 0 Å². The van der Waals surface area contributed by atoms with Crippen molar-refractivity contribution in [2.45, 2.75) is 12.3 Å². The molecule has 1 heterocycles. The first kappa shape index (κ1) is 8.74. The average Bonchev–Trinajstić information content (AvgIpc) is 2.43. The quantitative estimate of drug-likeness (QED) is 0.564. The lowest BCUT2D eigenvalue weighted by molar-refractivity contribution is -0.142. The number of benzene rings is 1. The third kappa shape index (κ3) is 1.35. The molecule has 1 N–H and O–H groups in total. The van der Waals surface area contributed by atoms with Crippen LogP contribution in [0.15, 0.2) is 24.3 Å². The highest BCUT2D eigenvalue weighted by atomic mass is 16.5. The molecule has 1 atom stereocenters. The fraction of sp³-hybridized carbons (Fsp3) is 0.200. The highest BCUT2D eigenvalue weighted by Crippen LogP contribution is 2.36. The van der Waals surface area contributed by atoms with Gasteiger partial charge in [-0.05, 0) is 6.07 Å². The highest BCUT2D eigenvalue weighted by molar-refractivity contribution is 5.89. The zero-order valence-electron chi connectivity index (χ0n) is 7.27. The van der Waals surface area contributed by atoms with Crippen LogP contribution in [0.1, 0.15) is 17.9 Å². The van der Waals surface area contributed by atoms with Crippen molar-refractivity contribution in [1.82, 2.24) is 0 Å². The number of hydrogen-bond acceptors (Lipinski definition) is 3. The maximum Gasteiger partial charge on any atom is 0.319 e. The molecule has 0 radical (unpaired) electrons. The summed E-state index contributed by atoms with van der Waals surface area (Å²) in [6.07, 6.45) is -0.212. The van der Waals surface area contributed by atoms with Gasteiger partial charge < -0.3 is 9.84 Å². The lowest BCUT2D eigenvalue weighted by Crippen LogP contribution is -2.14. The molecule has 4 nitrogen and oxygen atoms in total. The smallest absolute Gasteiger partial charge is 0.319 e. The van der Waals surface area contributed by atoms with Crippen molar-refractivity contribution in [1.29, 1.82) is 0 Å². The van der Waals surface area contributed by atoms with Crippen molar-refractivity contribution in [3.05, 3.63) is 29.8 Å². The van der Waals surface area contributed by atoms with Gasteiger partial charge in [0.25, 0.3) is 0 Å². The summed E-state index contributed by atoms with van der Waals surface area (Å²) in [5, 5.41) is 8.61. The van der Waals surface area contributed by atoms with Gasteiger partial charge in [-0.1, -0.05) is 18.2 Å². The molecule has 0 saturated heterocycles. The fourth-order valence-electron chi connectivity index (χ4n) is 1.54. The van der Waals surface area contributed by atoms with Crippen LogP contribution in [0.4, 0.5) is 0 Å². The Morgan fingerprint density at radius 2 is 2.14 bits per heavy atom. The largest absolute Gasteiger partial charge is 0.481 e. The number of aliphatic carboxylic acids is 1. The first-order valence-corrected chi connectivity index (χ1v) is 4.21. The summed E-state index contributed by atoms with van der Waals surface area (Å²) in [6, 6.07) is 6.88. The molecule has 0 bridgehead atoms. The molecule has 0 saturated carbocycles. The van der Waals surface area contributed by atoms with Gasteiger partial charge in [0.1, 0.15) is 5.75 Å². The number of carbonyl (C=O) groups excluding carboxylic acids is 1. The second-order valence-corrected chi connectivity index (χ2v) is 3.11. The number of rotatable bonds is 2. The molecule has 0 aromatic heterocycles. The van der Waals surface area contributed by atoms with Crippen LogP contribution in [0.25, 0.3) is 0 Å². The normalized spacial score (nSPS) is 18.9. The van der Waals surface area contributed by atoms with Crippen LogP contribution in [0.3, 0.4) is 0 Å². The Morgan fingerprint density at radius 3 is 2.86 bits per heavy atom. The van der Waals surface area contributed by atoms with E-state index in [0.29, 0.717) is 11.3 Å². The molecule has 14 heavy (non-hydrogen) atoms. The van der Waals surface area contributed by atoms with Crippen LogP contribution in [-0.4, -0.2) is 17.0 Å². The summed E-state index contributed by atoms with van der Waals surface area (Å²) >= 11 is 0. The summed E-state index contributed by atoms with van der Waals surface area (Å²) in [4.78, 5) is 21.8. The van der Waals surface area contributed by atoms with Crippen molar-refractivity contribution in [2.75, 3.05) is 0 Å². The molecule has 4 heteroatoms. The molecular weight excluding hydrogens is 184 g/mol. The van der Waals surface area contributed by atoms with Crippen LogP contribution < -0.4 is 4.74 Å². The van der Waals surface area contributed by atoms with Crippen molar-refractivity contribution in [2.24, 2.45) is 0 Å². The van der Waals surface area contributed by atoms with Gasteiger partial charge in [0.2, 0.25) is 0 Å². The first-order valence-electron chi connectivity index (χ1n) is 4.21. The standard InChI is InChI=1S/C10H8O4/c11-9(12)5-7-6-3-1-2-4-8(6)14-10(7)13/h1-4,7H,5H2,(H,11,12). The molecule has 2 rings (SSSR count). The lowest BCUT2D eigenvalue weighted by Gasteiger charge is -2.01. The van der Waals surface area contributed by atoms with Gasteiger partial charge in [0, 0.05) is 5.56 Å². The molecule has 0 aliphatic carbocycles. The van der Waals surface area contributed by atoms with Gasteiger partial charge in [0.05, 0.1) is 12.3 Å². The Balaban J connectivity index is 2.34. The van der Waals surface area contributed by atoms with E-state index in [0.717, 1.165) is 0 Å². The Hall–Kier alpha value is -1.84. The van der Waals surface area contributed by atoms with Crippen molar-refractivity contribution in [3.8, 4) is 5.75 Å². The van der Waals surface area contributed by atoms with Crippen LogP contribution in [-0.2, 0) is 9.59 Å². The van der Waals surface area contributed by atoms with Crippen LogP contribution in [0, 0.1) is 0 Å². The number of carboxylic acid groups (broad SMARTS) is 1. The Bertz CT molecular complexity index is 397. The van der Waals surface area contributed by atoms with Crippen molar-refractivity contribution in [3.63, 3.8) is 0 Å². The van der Waals surface area contributed by atoms with E-state index in [2.05, 4.69) is 0 Å². The predicted octanol–water partition coefficient (Wildman–Crippen LogP) is 1.16. The zero-order valence-corrected chi connectivity index (χ0v) is 7.27.